The molecule has 112 valence electrons. The van der Waals surface area contributed by atoms with Crippen molar-refractivity contribution in [3.05, 3.63) is 46.9 Å². The molecule has 0 saturated heterocycles. The standard InChI is InChI=1S/C16H20ClN3O/c1-4-5-14-15(17)18-11-19-16(14)20(2)10-12-6-8-13(21-3)9-7-12/h6-9,11H,4-5,10H2,1-3H3. The number of nitrogens with zero attached hydrogens (tertiary/aromatic N) is 3. The molecule has 2 rings (SSSR count). The predicted molar refractivity (Wildman–Crippen MR) is 86.1 cm³/mol. The van der Waals surface area contributed by atoms with Gasteiger partial charge in [-0.2, -0.15) is 0 Å². The van der Waals surface area contributed by atoms with Crippen LogP contribution in [0.5, 0.6) is 5.75 Å². The zero-order chi connectivity index (χ0) is 15.2. The summed E-state index contributed by atoms with van der Waals surface area (Å²) in [5, 5.41) is 0.545. The first-order valence-electron chi connectivity index (χ1n) is 6.99. The Morgan fingerprint density at radius 2 is 1.90 bits per heavy atom. The molecule has 1 heterocycles. The van der Waals surface area contributed by atoms with Gasteiger partial charge < -0.3 is 9.64 Å². The molecule has 1 aromatic carbocycles. The maximum absolute atomic E-state index is 6.20. The van der Waals surface area contributed by atoms with E-state index >= 15 is 0 Å². The van der Waals surface area contributed by atoms with E-state index in [0.717, 1.165) is 36.5 Å². The van der Waals surface area contributed by atoms with Crippen molar-refractivity contribution in [3.8, 4) is 5.75 Å². The molecule has 2 aromatic rings. The summed E-state index contributed by atoms with van der Waals surface area (Å²) >= 11 is 6.20. The van der Waals surface area contributed by atoms with E-state index in [4.69, 9.17) is 16.3 Å². The molecule has 0 amide bonds. The third kappa shape index (κ3) is 3.85. The first kappa shape index (κ1) is 15.6. The fraction of sp³-hybridized carbons (Fsp3) is 0.375. The number of aromatic nitrogens is 2. The molecule has 0 atom stereocenters. The number of halogens is 1. The van der Waals surface area contributed by atoms with Crippen LogP contribution < -0.4 is 9.64 Å². The molecule has 5 heteroatoms. The predicted octanol–water partition coefficient (Wildman–Crippen LogP) is 3.73. The van der Waals surface area contributed by atoms with Gasteiger partial charge in [-0.15, -0.1) is 0 Å². The minimum Gasteiger partial charge on any atom is -0.497 e. The van der Waals surface area contributed by atoms with Crippen molar-refractivity contribution in [2.24, 2.45) is 0 Å². The molecule has 0 aliphatic heterocycles. The lowest BCUT2D eigenvalue weighted by Crippen LogP contribution is -2.20. The molecule has 0 aliphatic carbocycles. The third-order valence-electron chi connectivity index (χ3n) is 3.31. The fourth-order valence-corrected chi connectivity index (χ4v) is 2.48. The first-order chi connectivity index (χ1) is 10.2. The zero-order valence-corrected chi connectivity index (χ0v) is 13.4. The molecule has 0 unspecified atom stereocenters. The minimum absolute atomic E-state index is 0.545. The molecule has 0 aliphatic rings. The Hall–Kier alpha value is -1.81. The van der Waals surface area contributed by atoms with Crippen LogP contribution in [-0.4, -0.2) is 24.1 Å². The van der Waals surface area contributed by atoms with E-state index in [9.17, 15) is 0 Å². The lowest BCUT2D eigenvalue weighted by Gasteiger charge is -2.21. The molecule has 0 radical (unpaired) electrons. The van der Waals surface area contributed by atoms with Crippen molar-refractivity contribution in [1.29, 1.82) is 0 Å². The van der Waals surface area contributed by atoms with E-state index in [1.807, 2.05) is 19.2 Å². The lowest BCUT2D eigenvalue weighted by atomic mass is 10.1. The Bertz CT molecular complexity index is 587. The van der Waals surface area contributed by atoms with Crippen molar-refractivity contribution in [2.75, 3.05) is 19.1 Å². The summed E-state index contributed by atoms with van der Waals surface area (Å²) in [5.74, 6) is 1.76. The summed E-state index contributed by atoms with van der Waals surface area (Å²) in [4.78, 5) is 10.6. The smallest absolute Gasteiger partial charge is 0.137 e. The third-order valence-corrected chi connectivity index (χ3v) is 3.64. The van der Waals surface area contributed by atoms with E-state index in [1.165, 1.54) is 11.9 Å². The highest BCUT2D eigenvalue weighted by atomic mass is 35.5. The molecule has 0 N–H and O–H groups in total. The SMILES string of the molecule is CCCc1c(Cl)ncnc1N(C)Cc1ccc(OC)cc1. The van der Waals surface area contributed by atoms with Gasteiger partial charge in [-0.1, -0.05) is 37.1 Å². The number of hydrogen-bond acceptors (Lipinski definition) is 4. The second-order valence-corrected chi connectivity index (χ2v) is 5.28. The largest absolute Gasteiger partial charge is 0.497 e. The number of methoxy groups -OCH3 is 1. The quantitative estimate of drug-likeness (QED) is 0.762. The average molecular weight is 306 g/mol. The van der Waals surface area contributed by atoms with Crippen LogP contribution in [-0.2, 0) is 13.0 Å². The Morgan fingerprint density at radius 1 is 1.19 bits per heavy atom. The molecule has 0 spiro atoms. The van der Waals surface area contributed by atoms with E-state index in [2.05, 4.69) is 33.9 Å². The summed E-state index contributed by atoms with van der Waals surface area (Å²) in [6, 6.07) is 8.03. The van der Waals surface area contributed by atoms with Crippen molar-refractivity contribution in [2.45, 2.75) is 26.3 Å². The van der Waals surface area contributed by atoms with Crippen molar-refractivity contribution < 1.29 is 4.74 Å². The summed E-state index contributed by atoms with van der Waals surface area (Å²) in [5.41, 5.74) is 2.20. The van der Waals surface area contributed by atoms with Crippen molar-refractivity contribution in [1.82, 2.24) is 9.97 Å². The van der Waals surface area contributed by atoms with Crippen LogP contribution in [0.1, 0.15) is 24.5 Å². The highest BCUT2D eigenvalue weighted by Crippen LogP contribution is 2.25. The lowest BCUT2D eigenvalue weighted by molar-refractivity contribution is 0.414. The van der Waals surface area contributed by atoms with Crippen LogP contribution >= 0.6 is 11.6 Å². The van der Waals surface area contributed by atoms with Crippen LogP contribution in [0.25, 0.3) is 0 Å². The van der Waals surface area contributed by atoms with Crippen LogP contribution in [0.15, 0.2) is 30.6 Å². The van der Waals surface area contributed by atoms with Crippen LogP contribution in [0.2, 0.25) is 5.15 Å². The van der Waals surface area contributed by atoms with Gasteiger partial charge in [0.2, 0.25) is 0 Å². The number of ether oxygens (including phenoxy) is 1. The minimum atomic E-state index is 0.545. The van der Waals surface area contributed by atoms with Crippen LogP contribution in [0.3, 0.4) is 0 Å². The number of rotatable bonds is 6. The van der Waals surface area contributed by atoms with Crippen LogP contribution in [0, 0.1) is 0 Å². The van der Waals surface area contributed by atoms with Gasteiger partial charge in [-0.05, 0) is 24.1 Å². The summed E-state index contributed by atoms with van der Waals surface area (Å²) in [6.45, 7) is 2.88. The first-order valence-corrected chi connectivity index (χ1v) is 7.37. The van der Waals surface area contributed by atoms with Gasteiger partial charge in [0.05, 0.1) is 7.11 Å². The molecule has 1 aromatic heterocycles. The Balaban J connectivity index is 2.19. The summed E-state index contributed by atoms with van der Waals surface area (Å²) < 4.78 is 5.17. The van der Waals surface area contributed by atoms with E-state index in [0.29, 0.717) is 5.15 Å². The monoisotopic (exact) mass is 305 g/mol. The number of benzene rings is 1. The molecule has 0 fully saturated rings. The molecule has 0 bridgehead atoms. The van der Waals surface area contributed by atoms with Gasteiger partial charge in [0.15, 0.2) is 0 Å². The molecule has 4 nitrogen and oxygen atoms in total. The molecule has 21 heavy (non-hydrogen) atoms. The maximum Gasteiger partial charge on any atom is 0.137 e. The van der Waals surface area contributed by atoms with E-state index in [1.54, 1.807) is 7.11 Å². The van der Waals surface area contributed by atoms with Gasteiger partial charge in [0.1, 0.15) is 23.0 Å². The van der Waals surface area contributed by atoms with E-state index < -0.39 is 0 Å². The summed E-state index contributed by atoms with van der Waals surface area (Å²) in [7, 11) is 3.68. The maximum atomic E-state index is 6.20. The fourth-order valence-electron chi connectivity index (χ4n) is 2.26. The molecule has 0 saturated carbocycles. The van der Waals surface area contributed by atoms with Gasteiger partial charge in [0.25, 0.3) is 0 Å². The van der Waals surface area contributed by atoms with Crippen LogP contribution in [0.4, 0.5) is 5.82 Å². The second kappa shape index (κ2) is 7.27. The summed E-state index contributed by atoms with van der Waals surface area (Å²) in [6.07, 6.45) is 3.40. The average Bonchev–Trinajstić information content (AvgIpc) is 2.50. The number of hydrogen-bond donors (Lipinski definition) is 0. The van der Waals surface area contributed by atoms with Crippen molar-refractivity contribution in [3.63, 3.8) is 0 Å². The Kier molecular flexibility index (Phi) is 5.39. The topological polar surface area (TPSA) is 38.2 Å². The van der Waals surface area contributed by atoms with E-state index in [-0.39, 0.29) is 0 Å². The van der Waals surface area contributed by atoms with Crippen molar-refractivity contribution >= 4 is 17.4 Å². The Labute approximate surface area is 130 Å². The Morgan fingerprint density at radius 3 is 2.52 bits per heavy atom. The molecular weight excluding hydrogens is 286 g/mol. The van der Waals surface area contributed by atoms with Gasteiger partial charge in [-0.3, -0.25) is 0 Å². The van der Waals surface area contributed by atoms with Gasteiger partial charge in [0, 0.05) is 19.2 Å². The van der Waals surface area contributed by atoms with Gasteiger partial charge >= 0.3 is 0 Å². The highest BCUT2D eigenvalue weighted by Gasteiger charge is 2.13. The number of anilines is 1. The normalized spacial score (nSPS) is 10.5. The van der Waals surface area contributed by atoms with Gasteiger partial charge in [-0.25, -0.2) is 9.97 Å². The zero-order valence-electron chi connectivity index (χ0n) is 12.6. The second-order valence-electron chi connectivity index (χ2n) is 4.92. The molecular formula is C16H20ClN3O. The highest BCUT2D eigenvalue weighted by molar-refractivity contribution is 6.30.